The first-order valence-corrected chi connectivity index (χ1v) is 6.29. The number of nitrogens with one attached hydrogen (secondary N) is 1. The van der Waals surface area contributed by atoms with Gasteiger partial charge in [-0.25, -0.2) is 0 Å². The van der Waals surface area contributed by atoms with E-state index in [1.165, 1.54) is 37.3 Å². The lowest BCUT2D eigenvalue weighted by Gasteiger charge is -2.11. The summed E-state index contributed by atoms with van der Waals surface area (Å²) in [5, 5.41) is 3.53. The Morgan fingerprint density at radius 2 is 2.42 bits per heavy atom. The zero-order valence-electron chi connectivity index (χ0n) is 8.31. The zero-order chi connectivity index (χ0) is 8.81. The van der Waals surface area contributed by atoms with Crippen molar-refractivity contribution in [2.75, 3.05) is 18.1 Å². The van der Waals surface area contributed by atoms with Crippen molar-refractivity contribution in [3.05, 3.63) is 0 Å². The maximum Gasteiger partial charge on any atom is 0.0158 e. The van der Waals surface area contributed by atoms with Crippen LogP contribution in [0.5, 0.6) is 0 Å². The number of thioether (sulfide) groups is 1. The molecule has 1 N–H and O–H groups in total. The van der Waals surface area contributed by atoms with Gasteiger partial charge in [-0.05, 0) is 31.1 Å². The van der Waals surface area contributed by atoms with Crippen LogP contribution in [0.4, 0.5) is 0 Å². The van der Waals surface area contributed by atoms with E-state index in [4.69, 9.17) is 0 Å². The molecular formula is C10H21NS. The fraction of sp³-hybridized carbons (Fsp3) is 1.00. The van der Waals surface area contributed by atoms with E-state index in [1.807, 2.05) is 0 Å². The molecule has 1 rings (SSSR count). The summed E-state index contributed by atoms with van der Waals surface area (Å²) in [5.41, 5.74) is 0. The lowest BCUT2D eigenvalue weighted by atomic mass is 10.2. The first-order chi connectivity index (χ1) is 5.83. The molecule has 0 radical (unpaired) electrons. The van der Waals surface area contributed by atoms with Gasteiger partial charge in [0.1, 0.15) is 0 Å². The van der Waals surface area contributed by atoms with Crippen LogP contribution in [-0.2, 0) is 0 Å². The predicted octanol–water partition coefficient (Wildman–Crippen LogP) is 2.52. The van der Waals surface area contributed by atoms with E-state index in [1.54, 1.807) is 0 Å². The first-order valence-electron chi connectivity index (χ1n) is 5.14. The number of hydrogen-bond donors (Lipinski definition) is 1. The Bertz CT molecular complexity index is 110. The monoisotopic (exact) mass is 187 g/mol. The lowest BCUT2D eigenvalue weighted by Crippen LogP contribution is -2.24. The second-order valence-corrected chi connectivity index (χ2v) is 4.92. The third-order valence-electron chi connectivity index (χ3n) is 2.58. The van der Waals surface area contributed by atoms with Crippen LogP contribution >= 0.6 is 11.8 Å². The van der Waals surface area contributed by atoms with Gasteiger partial charge in [0.2, 0.25) is 0 Å². The molecule has 0 aromatic rings. The Morgan fingerprint density at radius 1 is 1.58 bits per heavy atom. The minimum Gasteiger partial charge on any atom is -0.313 e. The molecule has 1 fully saturated rings. The van der Waals surface area contributed by atoms with Crippen LogP contribution in [0.15, 0.2) is 0 Å². The van der Waals surface area contributed by atoms with E-state index in [0.717, 1.165) is 12.0 Å². The molecule has 0 bridgehead atoms. The standard InChI is InChI=1S/C10H21NS/c1-3-9(2)7-12-8-10-5-4-6-11-10/h9-11H,3-8H2,1-2H3. The van der Waals surface area contributed by atoms with Gasteiger partial charge in [0.15, 0.2) is 0 Å². The average molecular weight is 187 g/mol. The second-order valence-electron chi connectivity index (χ2n) is 3.84. The highest BCUT2D eigenvalue weighted by atomic mass is 32.2. The van der Waals surface area contributed by atoms with Crippen molar-refractivity contribution in [1.29, 1.82) is 0 Å². The molecule has 1 nitrogen and oxygen atoms in total. The minimum atomic E-state index is 0.819. The summed E-state index contributed by atoms with van der Waals surface area (Å²) in [4.78, 5) is 0. The summed E-state index contributed by atoms with van der Waals surface area (Å²) < 4.78 is 0. The van der Waals surface area contributed by atoms with Crippen molar-refractivity contribution in [3.63, 3.8) is 0 Å². The summed E-state index contributed by atoms with van der Waals surface area (Å²) in [7, 11) is 0. The highest BCUT2D eigenvalue weighted by Gasteiger charge is 2.13. The molecule has 1 aliphatic heterocycles. The van der Waals surface area contributed by atoms with E-state index < -0.39 is 0 Å². The maximum absolute atomic E-state index is 3.53. The van der Waals surface area contributed by atoms with Gasteiger partial charge in [-0.1, -0.05) is 20.3 Å². The van der Waals surface area contributed by atoms with Crippen LogP contribution in [0.2, 0.25) is 0 Å². The topological polar surface area (TPSA) is 12.0 Å². The normalized spacial score (nSPS) is 26.0. The fourth-order valence-electron chi connectivity index (χ4n) is 1.43. The minimum absolute atomic E-state index is 0.819. The zero-order valence-corrected chi connectivity index (χ0v) is 9.12. The second kappa shape index (κ2) is 5.87. The van der Waals surface area contributed by atoms with E-state index in [0.29, 0.717) is 0 Å². The molecule has 0 spiro atoms. The predicted molar refractivity (Wildman–Crippen MR) is 57.8 cm³/mol. The fourth-order valence-corrected chi connectivity index (χ4v) is 2.77. The summed E-state index contributed by atoms with van der Waals surface area (Å²) in [6.07, 6.45) is 4.10. The Balaban J connectivity index is 1.94. The molecule has 12 heavy (non-hydrogen) atoms. The quantitative estimate of drug-likeness (QED) is 0.710. The molecule has 0 aliphatic carbocycles. The number of hydrogen-bond acceptors (Lipinski definition) is 2. The molecule has 0 amide bonds. The summed E-state index contributed by atoms with van der Waals surface area (Å²) in [5.74, 6) is 3.57. The Morgan fingerprint density at radius 3 is 3.00 bits per heavy atom. The summed E-state index contributed by atoms with van der Waals surface area (Å²) in [6.45, 7) is 5.86. The van der Waals surface area contributed by atoms with E-state index in [9.17, 15) is 0 Å². The molecule has 2 atom stereocenters. The van der Waals surface area contributed by atoms with Gasteiger partial charge < -0.3 is 5.32 Å². The summed E-state index contributed by atoms with van der Waals surface area (Å²) in [6, 6.07) is 0.819. The highest BCUT2D eigenvalue weighted by Crippen LogP contribution is 2.15. The van der Waals surface area contributed by atoms with Gasteiger partial charge >= 0.3 is 0 Å². The first kappa shape index (κ1) is 10.4. The third-order valence-corrected chi connectivity index (χ3v) is 4.02. The van der Waals surface area contributed by atoms with Crippen LogP contribution in [0.1, 0.15) is 33.1 Å². The van der Waals surface area contributed by atoms with Crippen LogP contribution in [0.25, 0.3) is 0 Å². The third kappa shape index (κ3) is 3.81. The highest BCUT2D eigenvalue weighted by molar-refractivity contribution is 7.99. The molecule has 0 saturated carbocycles. The van der Waals surface area contributed by atoms with Crippen LogP contribution < -0.4 is 5.32 Å². The molecule has 1 heterocycles. The summed E-state index contributed by atoms with van der Waals surface area (Å²) >= 11 is 2.12. The Hall–Kier alpha value is 0.310. The SMILES string of the molecule is CCC(C)CSCC1CCCN1. The van der Waals surface area contributed by atoms with Gasteiger partial charge in [0, 0.05) is 11.8 Å². The Kier molecular flexibility index (Phi) is 5.08. The average Bonchev–Trinajstić information content (AvgIpc) is 2.57. The largest absolute Gasteiger partial charge is 0.313 e. The van der Waals surface area contributed by atoms with Crippen molar-refractivity contribution in [3.8, 4) is 0 Å². The van der Waals surface area contributed by atoms with Gasteiger partial charge in [0.05, 0.1) is 0 Å². The van der Waals surface area contributed by atoms with Crippen LogP contribution in [0, 0.1) is 5.92 Å². The van der Waals surface area contributed by atoms with Crippen LogP contribution in [0.3, 0.4) is 0 Å². The van der Waals surface area contributed by atoms with Crippen molar-refractivity contribution in [2.24, 2.45) is 5.92 Å². The molecular weight excluding hydrogens is 166 g/mol. The molecule has 0 aromatic carbocycles. The molecule has 1 aliphatic rings. The van der Waals surface area contributed by atoms with Crippen molar-refractivity contribution in [2.45, 2.75) is 39.2 Å². The van der Waals surface area contributed by atoms with Gasteiger partial charge in [-0.3, -0.25) is 0 Å². The van der Waals surface area contributed by atoms with E-state index >= 15 is 0 Å². The van der Waals surface area contributed by atoms with Gasteiger partial charge in [0.25, 0.3) is 0 Å². The maximum atomic E-state index is 3.53. The van der Waals surface area contributed by atoms with Gasteiger partial charge in [-0.15, -0.1) is 0 Å². The molecule has 2 unspecified atom stereocenters. The van der Waals surface area contributed by atoms with Gasteiger partial charge in [-0.2, -0.15) is 11.8 Å². The smallest absolute Gasteiger partial charge is 0.0158 e. The molecule has 72 valence electrons. The number of rotatable bonds is 5. The molecule has 0 aromatic heterocycles. The van der Waals surface area contributed by atoms with Crippen LogP contribution in [-0.4, -0.2) is 24.1 Å². The molecule has 2 heteroatoms. The Labute approximate surface area is 80.7 Å². The van der Waals surface area contributed by atoms with Crippen molar-refractivity contribution < 1.29 is 0 Å². The molecule has 1 saturated heterocycles. The van der Waals surface area contributed by atoms with E-state index in [-0.39, 0.29) is 0 Å². The van der Waals surface area contributed by atoms with E-state index in [2.05, 4.69) is 30.9 Å². The van der Waals surface area contributed by atoms with Crippen molar-refractivity contribution in [1.82, 2.24) is 5.32 Å². The van der Waals surface area contributed by atoms with Crippen molar-refractivity contribution >= 4 is 11.8 Å². The lowest BCUT2D eigenvalue weighted by molar-refractivity contribution is 0.632.